The molecular weight excluding hydrogens is 356 g/mol. The smallest absolute Gasteiger partial charge is 0.163 e. The molecule has 0 N–H and O–H groups in total. The van der Waals surface area contributed by atoms with E-state index in [1.54, 1.807) is 37.4 Å². The predicted octanol–water partition coefficient (Wildman–Crippen LogP) is 4.89. The van der Waals surface area contributed by atoms with Crippen LogP contribution in [0.25, 0.3) is 0 Å². The Morgan fingerprint density at radius 3 is 2.62 bits per heavy atom. The van der Waals surface area contributed by atoms with Gasteiger partial charge in [0.2, 0.25) is 0 Å². The van der Waals surface area contributed by atoms with E-state index in [9.17, 15) is 4.79 Å². The number of rotatable bonds is 5. The first-order valence-corrected chi connectivity index (χ1v) is 7.44. The molecule has 0 aromatic heterocycles. The van der Waals surface area contributed by atoms with Crippen LogP contribution in [-0.2, 0) is 6.61 Å². The van der Waals surface area contributed by atoms with Gasteiger partial charge in [-0.1, -0.05) is 27.5 Å². The molecule has 0 radical (unpaired) electrons. The molecule has 21 heavy (non-hydrogen) atoms. The van der Waals surface area contributed by atoms with Crippen molar-refractivity contribution in [2.45, 2.75) is 13.5 Å². The predicted molar refractivity (Wildman–Crippen MR) is 86.5 cm³/mol. The fraction of sp³-hybridized carbons (Fsp3) is 0.188. The third-order valence-corrected chi connectivity index (χ3v) is 3.68. The maximum atomic E-state index is 11.6. The zero-order valence-electron chi connectivity index (χ0n) is 11.7. The number of halogens is 2. The van der Waals surface area contributed by atoms with Crippen LogP contribution in [0.5, 0.6) is 11.5 Å². The highest BCUT2D eigenvalue weighted by molar-refractivity contribution is 9.10. The van der Waals surface area contributed by atoms with Crippen molar-refractivity contribution in [2.75, 3.05) is 7.11 Å². The molecule has 0 heterocycles. The van der Waals surface area contributed by atoms with Crippen molar-refractivity contribution in [3.8, 4) is 11.5 Å². The average Bonchev–Trinajstić information content (AvgIpc) is 2.45. The Hall–Kier alpha value is -1.52. The van der Waals surface area contributed by atoms with Crippen molar-refractivity contribution in [2.24, 2.45) is 0 Å². The van der Waals surface area contributed by atoms with Crippen LogP contribution in [0.2, 0.25) is 5.02 Å². The van der Waals surface area contributed by atoms with E-state index in [1.165, 1.54) is 6.92 Å². The van der Waals surface area contributed by atoms with Crippen molar-refractivity contribution in [3.05, 3.63) is 57.0 Å². The number of carbonyl (C=O) groups is 1. The highest BCUT2D eigenvalue weighted by atomic mass is 79.9. The van der Waals surface area contributed by atoms with Gasteiger partial charge in [-0.15, -0.1) is 0 Å². The molecule has 5 heteroatoms. The SMILES string of the molecule is COc1ccc(Cl)cc1COc1cc(Br)ccc1C(C)=O. The van der Waals surface area contributed by atoms with Crippen LogP contribution in [0.3, 0.4) is 0 Å². The summed E-state index contributed by atoms with van der Waals surface area (Å²) in [7, 11) is 1.59. The molecule has 0 atom stereocenters. The van der Waals surface area contributed by atoms with E-state index in [2.05, 4.69) is 15.9 Å². The molecule has 0 bridgehead atoms. The van der Waals surface area contributed by atoms with Crippen LogP contribution in [0.4, 0.5) is 0 Å². The minimum atomic E-state index is -0.0458. The lowest BCUT2D eigenvalue weighted by atomic mass is 10.1. The number of benzene rings is 2. The fourth-order valence-electron chi connectivity index (χ4n) is 1.92. The Balaban J connectivity index is 2.26. The Labute approximate surface area is 137 Å². The van der Waals surface area contributed by atoms with E-state index in [1.807, 2.05) is 6.07 Å². The summed E-state index contributed by atoms with van der Waals surface area (Å²) in [6, 6.07) is 10.6. The standard InChI is InChI=1S/C16H14BrClO3/c1-10(19)14-5-3-12(17)8-16(14)21-9-11-7-13(18)4-6-15(11)20-2/h3-8H,9H2,1-2H3. The highest BCUT2D eigenvalue weighted by Crippen LogP contribution is 2.28. The van der Waals surface area contributed by atoms with Gasteiger partial charge in [0.1, 0.15) is 18.1 Å². The quantitative estimate of drug-likeness (QED) is 0.704. The van der Waals surface area contributed by atoms with Gasteiger partial charge in [-0.2, -0.15) is 0 Å². The molecular formula is C16H14BrClO3. The second-order valence-corrected chi connectivity index (χ2v) is 5.79. The summed E-state index contributed by atoms with van der Waals surface area (Å²) in [5, 5.41) is 0.607. The first-order chi connectivity index (χ1) is 10.0. The molecule has 0 saturated heterocycles. The van der Waals surface area contributed by atoms with Crippen LogP contribution in [0, 0.1) is 0 Å². The van der Waals surface area contributed by atoms with Gasteiger partial charge in [-0.25, -0.2) is 0 Å². The van der Waals surface area contributed by atoms with E-state index < -0.39 is 0 Å². The first kappa shape index (κ1) is 15.9. The maximum absolute atomic E-state index is 11.6. The van der Waals surface area contributed by atoms with Crippen LogP contribution < -0.4 is 9.47 Å². The molecule has 2 aromatic carbocycles. The number of ketones is 1. The van der Waals surface area contributed by atoms with Crippen molar-refractivity contribution in [1.82, 2.24) is 0 Å². The monoisotopic (exact) mass is 368 g/mol. The van der Waals surface area contributed by atoms with E-state index in [-0.39, 0.29) is 12.4 Å². The van der Waals surface area contributed by atoms with Crippen LogP contribution in [0.1, 0.15) is 22.8 Å². The molecule has 0 saturated carbocycles. The molecule has 0 aliphatic rings. The summed E-state index contributed by atoms with van der Waals surface area (Å²) >= 11 is 9.36. The largest absolute Gasteiger partial charge is 0.496 e. The second kappa shape index (κ2) is 6.96. The number of Topliss-reactive ketones (excluding diaryl/α,β-unsaturated/α-hetero) is 1. The summed E-state index contributed by atoms with van der Waals surface area (Å²) in [6.45, 7) is 1.77. The van der Waals surface area contributed by atoms with Gasteiger partial charge in [-0.05, 0) is 43.3 Å². The van der Waals surface area contributed by atoms with Gasteiger partial charge in [0, 0.05) is 15.1 Å². The van der Waals surface area contributed by atoms with Gasteiger partial charge in [0.05, 0.1) is 12.7 Å². The van der Waals surface area contributed by atoms with Gasteiger partial charge in [0.15, 0.2) is 5.78 Å². The average molecular weight is 370 g/mol. The van der Waals surface area contributed by atoms with E-state index in [4.69, 9.17) is 21.1 Å². The minimum absolute atomic E-state index is 0.0458. The first-order valence-electron chi connectivity index (χ1n) is 6.27. The molecule has 2 aromatic rings. The summed E-state index contributed by atoms with van der Waals surface area (Å²) in [6.07, 6.45) is 0. The fourth-order valence-corrected chi connectivity index (χ4v) is 2.46. The molecule has 110 valence electrons. The van der Waals surface area contributed by atoms with E-state index in [0.29, 0.717) is 22.1 Å². The van der Waals surface area contributed by atoms with Gasteiger partial charge in [-0.3, -0.25) is 4.79 Å². The van der Waals surface area contributed by atoms with Gasteiger partial charge < -0.3 is 9.47 Å². The lowest BCUT2D eigenvalue weighted by Crippen LogP contribution is -2.03. The van der Waals surface area contributed by atoms with Crippen molar-refractivity contribution in [1.29, 1.82) is 0 Å². The molecule has 0 aliphatic carbocycles. The minimum Gasteiger partial charge on any atom is -0.496 e. The van der Waals surface area contributed by atoms with Crippen molar-refractivity contribution >= 4 is 33.3 Å². The number of carbonyl (C=O) groups excluding carboxylic acids is 1. The lowest BCUT2D eigenvalue weighted by Gasteiger charge is -2.13. The molecule has 0 fully saturated rings. The second-order valence-electron chi connectivity index (χ2n) is 4.44. The Morgan fingerprint density at radius 1 is 1.19 bits per heavy atom. The number of ether oxygens (including phenoxy) is 2. The Bertz CT molecular complexity index is 671. The van der Waals surface area contributed by atoms with E-state index >= 15 is 0 Å². The Morgan fingerprint density at radius 2 is 1.95 bits per heavy atom. The summed E-state index contributed by atoms with van der Waals surface area (Å²) in [5.41, 5.74) is 1.36. The normalized spacial score (nSPS) is 10.3. The Kier molecular flexibility index (Phi) is 5.26. The summed E-state index contributed by atoms with van der Waals surface area (Å²) in [4.78, 5) is 11.6. The lowest BCUT2D eigenvalue weighted by molar-refractivity contribution is 0.101. The third-order valence-electron chi connectivity index (χ3n) is 2.95. The maximum Gasteiger partial charge on any atom is 0.163 e. The zero-order chi connectivity index (χ0) is 15.4. The molecule has 0 unspecified atom stereocenters. The van der Waals surface area contributed by atoms with Crippen molar-refractivity contribution in [3.63, 3.8) is 0 Å². The topological polar surface area (TPSA) is 35.5 Å². The molecule has 0 amide bonds. The summed E-state index contributed by atoms with van der Waals surface area (Å²) in [5.74, 6) is 1.17. The van der Waals surface area contributed by atoms with Crippen LogP contribution in [0.15, 0.2) is 40.9 Å². The summed E-state index contributed by atoms with van der Waals surface area (Å²) < 4.78 is 11.9. The van der Waals surface area contributed by atoms with E-state index in [0.717, 1.165) is 10.0 Å². The molecule has 0 spiro atoms. The molecule has 3 nitrogen and oxygen atoms in total. The number of methoxy groups -OCH3 is 1. The van der Waals surface area contributed by atoms with Gasteiger partial charge in [0.25, 0.3) is 0 Å². The van der Waals surface area contributed by atoms with Crippen molar-refractivity contribution < 1.29 is 14.3 Å². The van der Waals surface area contributed by atoms with Crippen LogP contribution >= 0.6 is 27.5 Å². The molecule has 0 aliphatic heterocycles. The molecule has 2 rings (SSSR count). The van der Waals surface area contributed by atoms with Gasteiger partial charge >= 0.3 is 0 Å². The third kappa shape index (κ3) is 3.99. The van der Waals surface area contributed by atoms with Crippen LogP contribution in [-0.4, -0.2) is 12.9 Å². The zero-order valence-corrected chi connectivity index (χ0v) is 14.0. The number of hydrogen-bond acceptors (Lipinski definition) is 3. The number of hydrogen-bond donors (Lipinski definition) is 0. The highest BCUT2D eigenvalue weighted by Gasteiger charge is 2.11.